The molecule has 1 heterocycles. The Bertz CT molecular complexity index is 306. The monoisotopic (exact) mass is 221 g/mol. The van der Waals surface area contributed by atoms with Crippen molar-refractivity contribution in [3.63, 3.8) is 0 Å². The third-order valence-electron chi connectivity index (χ3n) is 5.57. The maximum Gasteiger partial charge on any atom is 0.146 e. The first-order valence-corrected chi connectivity index (χ1v) is 6.81. The van der Waals surface area contributed by atoms with Crippen LogP contribution in [0.5, 0.6) is 0 Å². The van der Waals surface area contributed by atoms with Crippen molar-refractivity contribution in [1.29, 1.82) is 0 Å². The average molecular weight is 221 g/mol. The van der Waals surface area contributed by atoms with Crippen molar-refractivity contribution >= 4 is 5.78 Å². The highest BCUT2D eigenvalue weighted by Crippen LogP contribution is 2.57. The molecule has 4 rings (SSSR count). The van der Waals surface area contributed by atoms with Crippen LogP contribution in [0.2, 0.25) is 0 Å². The van der Waals surface area contributed by atoms with E-state index in [0.717, 1.165) is 18.3 Å². The van der Waals surface area contributed by atoms with Gasteiger partial charge < -0.3 is 0 Å². The summed E-state index contributed by atoms with van der Waals surface area (Å²) in [5.74, 6) is 2.27. The van der Waals surface area contributed by atoms with Crippen LogP contribution in [0.15, 0.2) is 0 Å². The van der Waals surface area contributed by atoms with Gasteiger partial charge in [-0.15, -0.1) is 0 Å². The van der Waals surface area contributed by atoms with Crippen LogP contribution in [0.4, 0.5) is 0 Å². The fourth-order valence-corrected chi connectivity index (χ4v) is 4.83. The number of fused-ring (bicyclic) bond motifs is 2. The molecule has 1 aliphatic heterocycles. The zero-order valence-corrected chi connectivity index (χ0v) is 10.5. The van der Waals surface area contributed by atoms with E-state index in [9.17, 15) is 4.79 Å². The molecule has 0 radical (unpaired) electrons. The fraction of sp³-hybridized carbons (Fsp3) is 0.929. The third-order valence-corrected chi connectivity index (χ3v) is 5.57. The number of likely N-dealkylation sites (tertiary alicyclic amines) is 1. The summed E-state index contributed by atoms with van der Waals surface area (Å²) >= 11 is 0. The molecule has 2 atom stereocenters. The van der Waals surface area contributed by atoms with Gasteiger partial charge in [0, 0.05) is 6.54 Å². The normalized spacial score (nSPS) is 47.8. The fourth-order valence-electron chi connectivity index (χ4n) is 4.83. The lowest BCUT2D eigenvalue weighted by molar-refractivity contribution is -0.120. The van der Waals surface area contributed by atoms with E-state index in [-0.39, 0.29) is 6.04 Å². The van der Waals surface area contributed by atoms with Crippen LogP contribution in [-0.2, 0) is 4.79 Å². The highest BCUT2D eigenvalue weighted by atomic mass is 16.1. The molecule has 3 aliphatic carbocycles. The summed E-state index contributed by atoms with van der Waals surface area (Å²) in [6.45, 7) is 2.94. The summed E-state index contributed by atoms with van der Waals surface area (Å²) in [5.41, 5.74) is 0.520. The van der Waals surface area contributed by atoms with Gasteiger partial charge in [0.05, 0.1) is 6.04 Å². The maximum atomic E-state index is 11.6. The van der Waals surface area contributed by atoms with Gasteiger partial charge in [-0.25, -0.2) is 0 Å². The Kier molecular flexibility index (Phi) is 2.39. The minimum Gasteiger partial charge on any atom is -0.298 e. The number of rotatable bonds is 1. The summed E-state index contributed by atoms with van der Waals surface area (Å²) in [5, 5.41) is 0. The van der Waals surface area contributed by atoms with Gasteiger partial charge in [-0.3, -0.25) is 9.69 Å². The predicted octanol–water partition coefficient (Wildman–Crippen LogP) is 2.48. The van der Waals surface area contributed by atoms with Crippen LogP contribution in [0.1, 0.15) is 45.4 Å². The van der Waals surface area contributed by atoms with E-state index >= 15 is 0 Å². The van der Waals surface area contributed by atoms with Crippen LogP contribution in [0.3, 0.4) is 0 Å². The molecule has 1 spiro atoms. The third kappa shape index (κ3) is 1.46. The largest absolute Gasteiger partial charge is 0.298 e. The number of ketones is 1. The molecule has 0 aromatic heterocycles. The van der Waals surface area contributed by atoms with Crippen LogP contribution in [-0.4, -0.2) is 30.3 Å². The molecule has 2 nitrogen and oxygen atoms in total. The second-order valence-electron chi connectivity index (χ2n) is 6.53. The first kappa shape index (κ1) is 10.8. The number of Topliss-reactive ketones (excluding diaryl/α,β-unsaturated/α-hetero) is 1. The zero-order valence-electron chi connectivity index (χ0n) is 10.5. The summed E-state index contributed by atoms with van der Waals surface area (Å²) in [7, 11) is 2.14. The SMILES string of the molecule is CC(=O)C1CC2(CC3CCC2CC3)CN1C. The second kappa shape index (κ2) is 3.56. The molecular weight excluding hydrogens is 198 g/mol. The Hall–Kier alpha value is -0.370. The van der Waals surface area contributed by atoms with Gasteiger partial charge in [0.15, 0.2) is 0 Å². The Labute approximate surface area is 98.4 Å². The Balaban J connectivity index is 1.83. The Morgan fingerprint density at radius 3 is 2.31 bits per heavy atom. The lowest BCUT2D eigenvalue weighted by atomic mass is 9.55. The summed E-state index contributed by atoms with van der Waals surface area (Å²) < 4.78 is 0. The van der Waals surface area contributed by atoms with Crippen molar-refractivity contribution in [2.24, 2.45) is 17.3 Å². The van der Waals surface area contributed by atoms with Gasteiger partial charge in [-0.05, 0) is 56.9 Å². The molecule has 2 heteroatoms. The van der Waals surface area contributed by atoms with E-state index in [0.29, 0.717) is 11.2 Å². The van der Waals surface area contributed by atoms with Crippen LogP contribution in [0.25, 0.3) is 0 Å². The average Bonchev–Trinajstić information content (AvgIpc) is 2.57. The smallest absolute Gasteiger partial charge is 0.146 e. The number of carbonyl (C=O) groups is 1. The first-order chi connectivity index (χ1) is 7.61. The van der Waals surface area contributed by atoms with E-state index in [2.05, 4.69) is 11.9 Å². The zero-order chi connectivity index (χ0) is 11.3. The summed E-state index contributed by atoms with van der Waals surface area (Å²) in [6.07, 6.45) is 8.35. The lowest BCUT2D eigenvalue weighted by Gasteiger charge is -2.50. The van der Waals surface area contributed by atoms with E-state index in [1.807, 2.05) is 0 Å². The highest BCUT2D eigenvalue weighted by Gasteiger charge is 2.53. The molecule has 90 valence electrons. The predicted molar refractivity (Wildman–Crippen MR) is 64.2 cm³/mol. The van der Waals surface area contributed by atoms with Crippen LogP contribution >= 0.6 is 0 Å². The number of nitrogens with zero attached hydrogens (tertiary/aromatic N) is 1. The second-order valence-corrected chi connectivity index (χ2v) is 6.53. The molecule has 0 amide bonds. The molecule has 2 bridgehead atoms. The molecule has 0 N–H and O–H groups in total. The quantitative estimate of drug-likeness (QED) is 0.678. The highest BCUT2D eigenvalue weighted by molar-refractivity contribution is 5.81. The number of carbonyl (C=O) groups excluding carboxylic acids is 1. The van der Waals surface area contributed by atoms with Crippen molar-refractivity contribution in [1.82, 2.24) is 4.90 Å². The minimum atomic E-state index is 0.222. The summed E-state index contributed by atoms with van der Waals surface area (Å²) in [6, 6.07) is 0.222. The molecule has 16 heavy (non-hydrogen) atoms. The van der Waals surface area contributed by atoms with Gasteiger partial charge in [0.2, 0.25) is 0 Å². The molecular formula is C14H23NO. The van der Waals surface area contributed by atoms with E-state index in [1.165, 1.54) is 38.6 Å². The van der Waals surface area contributed by atoms with Gasteiger partial charge in [-0.2, -0.15) is 0 Å². The molecule has 3 saturated carbocycles. The lowest BCUT2D eigenvalue weighted by Crippen LogP contribution is -2.43. The Morgan fingerprint density at radius 1 is 1.19 bits per heavy atom. The number of hydrogen-bond acceptors (Lipinski definition) is 2. The van der Waals surface area contributed by atoms with E-state index < -0.39 is 0 Å². The molecule has 4 aliphatic rings. The van der Waals surface area contributed by atoms with Crippen LogP contribution in [0, 0.1) is 17.3 Å². The summed E-state index contributed by atoms with van der Waals surface area (Å²) in [4.78, 5) is 14.0. The van der Waals surface area contributed by atoms with E-state index in [4.69, 9.17) is 0 Å². The van der Waals surface area contributed by atoms with Gasteiger partial charge in [0.1, 0.15) is 5.78 Å². The maximum absolute atomic E-state index is 11.6. The minimum absolute atomic E-state index is 0.222. The molecule has 1 saturated heterocycles. The van der Waals surface area contributed by atoms with Crippen LogP contribution < -0.4 is 0 Å². The van der Waals surface area contributed by atoms with Gasteiger partial charge >= 0.3 is 0 Å². The molecule has 0 aromatic rings. The molecule has 0 aromatic carbocycles. The van der Waals surface area contributed by atoms with Crippen molar-refractivity contribution in [3.05, 3.63) is 0 Å². The number of hydrogen-bond donors (Lipinski definition) is 0. The van der Waals surface area contributed by atoms with Gasteiger partial charge in [-0.1, -0.05) is 12.8 Å². The van der Waals surface area contributed by atoms with Crippen molar-refractivity contribution < 1.29 is 4.79 Å². The van der Waals surface area contributed by atoms with Gasteiger partial charge in [0.25, 0.3) is 0 Å². The number of likely N-dealkylation sites (N-methyl/N-ethyl adjacent to an activating group) is 1. The molecule has 4 fully saturated rings. The molecule has 2 unspecified atom stereocenters. The Morgan fingerprint density at radius 2 is 1.88 bits per heavy atom. The van der Waals surface area contributed by atoms with Crippen molar-refractivity contribution in [2.45, 2.75) is 51.5 Å². The van der Waals surface area contributed by atoms with E-state index in [1.54, 1.807) is 6.92 Å². The topological polar surface area (TPSA) is 20.3 Å². The standard InChI is InChI=1S/C14H23NO/c1-10(16)13-8-14(9-15(13)2)7-11-3-5-12(14)6-4-11/h11-13H,3-9H2,1-2H3. The van der Waals surface area contributed by atoms with Crippen molar-refractivity contribution in [3.8, 4) is 0 Å². The van der Waals surface area contributed by atoms with Crippen molar-refractivity contribution in [2.75, 3.05) is 13.6 Å². The first-order valence-electron chi connectivity index (χ1n) is 6.81.